The number of rotatable bonds is 7. The number of hydrogen-bond acceptors (Lipinski definition) is 6. The summed E-state index contributed by atoms with van der Waals surface area (Å²) in [4.78, 5) is 0. The number of aromatic amines is 1. The molecular weight excluding hydrogens is 392 g/mol. The van der Waals surface area contributed by atoms with E-state index in [0.29, 0.717) is 36.2 Å². The van der Waals surface area contributed by atoms with Crippen molar-refractivity contribution in [1.29, 1.82) is 5.26 Å². The van der Waals surface area contributed by atoms with Crippen LogP contribution in [0.3, 0.4) is 0 Å². The van der Waals surface area contributed by atoms with Crippen molar-refractivity contribution in [2.24, 2.45) is 5.73 Å². The molecule has 3 aromatic rings. The number of ether oxygens (including phenoxy) is 3. The lowest BCUT2D eigenvalue weighted by Gasteiger charge is -2.25. The fourth-order valence-electron chi connectivity index (χ4n) is 3.71. The molecule has 3 N–H and O–H groups in total. The maximum atomic E-state index is 9.91. The van der Waals surface area contributed by atoms with E-state index in [1.165, 1.54) is 0 Å². The van der Waals surface area contributed by atoms with Crippen molar-refractivity contribution in [3.63, 3.8) is 0 Å². The Morgan fingerprint density at radius 1 is 1.13 bits per heavy atom. The minimum absolute atomic E-state index is 0.0513. The number of H-pyrrole nitrogens is 1. The topological polar surface area (TPSA) is 106 Å². The zero-order valence-electron chi connectivity index (χ0n) is 17.5. The third kappa shape index (κ3) is 3.80. The maximum absolute atomic E-state index is 9.91. The lowest BCUT2D eigenvalue weighted by atomic mass is 9.83. The lowest BCUT2D eigenvalue weighted by Crippen LogP contribution is -2.21. The Bertz CT molecular complexity index is 1150. The van der Waals surface area contributed by atoms with Gasteiger partial charge >= 0.3 is 0 Å². The summed E-state index contributed by atoms with van der Waals surface area (Å²) in [6.07, 6.45) is 0.893. The molecule has 4 rings (SSSR count). The Balaban J connectivity index is 1.87. The third-order valence-corrected chi connectivity index (χ3v) is 5.06. The summed E-state index contributed by atoms with van der Waals surface area (Å²) < 4.78 is 17.3. The molecule has 31 heavy (non-hydrogen) atoms. The second-order valence-corrected chi connectivity index (χ2v) is 7.10. The molecule has 1 unspecified atom stereocenters. The molecule has 1 atom stereocenters. The molecule has 1 aliphatic rings. The molecule has 0 radical (unpaired) electrons. The van der Waals surface area contributed by atoms with E-state index in [2.05, 4.69) is 23.2 Å². The molecule has 0 aliphatic carbocycles. The van der Waals surface area contributed by atoms with Crippen LogP contribution in [-0.4, -0.2) is 23.4 Å². The van der Waals surface area contributed by atoms with Crippen molar-refractivity contribution in [3.05, 3.63) is 71.1 Å². The first-order valence-corrected chi connectivity index (χ1v) is 10.3. The summed E-state index contributed by atoms with van der Waals surface area (Å²) in [7, 11) is 0. The minimum atomic E-state index is -0.456. The van der Waals surface area contributed by atoms with Crippen LogP contribution in [0.1, 0.15) is 37.3 Å². The number of hydrogen-bond donors (Lipinski definition) is 2. The van der Waals surface area contributed by atoms with Gasteiger partial charge in [-0.3, -0.25) is 5.10 Å². The Labute approximate surface area is 181 Å². The standard InChI is InChI=1S/C24H24N4O3/c1-3-12-30-18-11-10-16(13-19(18)29-4-2)20-17(14-25)23(26)31-24-21(20)22(27-28-24)15-8-6-5-7-9-15/h5-11,13,20H,3-4,12,26H2,1-2H3,(H,27,28). The van der Waals surface area contributed by atoms with Crippen LogP contribution in [-0.2, 0) is 0 Å². The first-order chi connectivity index (χ1) is 15.2. The van der Waals surface area contributed by atoms with Crippen LogP contribution in [0.4, 0.5) is 0 Å². The van der Waals surface area contributed by atoms with Gasteiger partial charge in [0.05, 0.1) is 30.4 Å². The highest BCUT2D eigenvalue weighted by molar-refractivity contribution is 5.71. The highest BCUT2D eigenvalue weighted by atomic mass is 16.5. The van der Waals surface area contributed by atoms with Gasteiger partial charge in [0.1, 0.15) is 11.6 Å². The van der Waals surface area contributed by atoms with Gasteiger partial charge in [-0.25, -0.2) is 0 Å². The molecule has 7 heteroatoms. The molecule has 0 amide bonds. The summed E-state index contributed by atoms with van der Waals surface area (Å²) in [6, 6.07) is 17.7. The fraction of sp³-hybridized carbons (Fsp3) is 0.250. The number of nitrogens with zero attached hydrogens (tertiary/aromatic N) is 2. The predicted octanol–water partition coefficient (Wildman–Crippen LogP) is 4.48. The van der Waals surface area contributed by atoms with Crippen LogP contribution in [0.15, 0.2) is 60.0 Å². The summed E-state index contributed by atoms with van der Waals surface area (Å²) in [5.74, 6) is 1.26. The largest absolute Gasteiger partial charge is 0.490 e. The Hall–Kier alpha value is -3.92. The van der Waals surface area contributed by atoms with Gasteiger partial charge < -0.3 is 19.9 Å². The molecule has 158 valence electrons. The average Bonchev–Trinajstić information content (AvgIpc) is 3.21. The van der Waals surface area contributed by atoms with E-state index in [-0.39, 0.29) is 5.88 Å². The van der Waals surface area contributed by atoms with Gasteiger partial charge in [0.25, 0.3) is 0 Å². The summed E-state index contributed by atoms with van der Waals surface area (Å²) in [6.45, 7) is 5.06. The van der Waals surface area contributed by atoms with E-state index >= 15 is 0 Å². The van der Waals surface area contributed by atoms with Gasteiger partial charge in [0.15, 0.2) is 11.5 Å². The van der Waals surface area contributed by atoms with E-state index in [0.717, 1.165) is 28.8 Å². The van der Waals surface area contributed by atoms with Crippen LogP contribution in [0.25, 0.3) is 11.3 Å². The van der Waals surface area contributed by atoms with Crippen molar-refractivity contribution < 1.29 is 14.2 Å². The van der Waals surface area contributed by atoms with Crippen LogP contribution in [0, 0.1) is 11.3 Å². The molecule has 0 saturated heterocycles. The molecule has 7 nitrogen and oxygen atoms in total. The molecule has 2 aromatic carbocycles. The van der Waals surface area contributed by atoms with Crippen molar-refractivity contribution in [2.75, 3.05) is 13.2 Å². The molecule has 0 bridgehead atoms. The van der Waals surface area contributed by atoms with Crippen LogP contribution >= 0.6 is 0 Å². The SMILES string of the molecule is CCCOc1ccc(C2C(C#N)=C(N)Oc3n[nH]c(-c4ccccc4)c32)cc1OCC. The van der Waals surface area contributed by atoms with Crippen LogP contribution < -0.4 is 19.9 Å². The van der Waals surface area contributed by atoms with Crippen molar-refractivity contribution >= 4 is 0 Å². The molecule has 0 spiro atoms. The van der Waals surface area contributed by atoms with Gasteiger partial charge in [0, 0.05) is 0 Å². The predicted molar refractivity (Wildman–Crippen MR) is 117 cm³/mol. The van der Waals surface area contributed by atoms with Gasteiger partial charge in [-0.1, -0.05) is 43.3 Å². The second-order valence-electron chi connectivity index (χ2n) is 7.10. The molecular formula is C24H24N4O3. The number of nitriles is 1. The van der Waals surface area contributed by atoms with Gasteiger partial charge in [-0.05, 0) is 36.6 Å². The molecule has 1 aromatic heterocycles. The van der Waals surface area contributed by atoms with Crippen molar-refractivity contribution in [2.45, 2.75) is 26.2 Å². The first kappa shape index (κ1) is 20.4. The number of nitrogens with one attached hydrogen (secondary N) is 1. The minimum Gasteiger partial charge on any atom is -0.490 e. The maximum Gasteiger partial charge on any atom is 0.244 e. The van der Waals surface area contributed by atoms with E-state index in [1.54, 1.807) is 0 Å². The molecule has 2 heterocycles. The zero-order chi connectivity index (χ0) is 21.8. The van der Waals surface area contributed by atoms with Gasteiger partial charge in [-0.2, -0.15) is 5.26 Å². The summed E-state index contributed by atoms with van der Waals surface area (Å²) >= 11 is 0. The van der Waals surface area contributed by atoms with E-state index in [4.69, 9.17) is 19.9 Å². The van der Waals surface area contributed by atoms with E-state index in [1.807, 2.05) is 55.5 Å². The fourth-order valence-corrected chi connectivity index (χ4v) is 3.71. The third-order valence-electron chi connectivity index (χ3n) is 5.06. The Kier molecular flexibility index (Phi) is 5.80. The van der Waals surface area contributed by atoms with E-state index in [9.17, 15) is 5.26 Å². The average molecular weight is 416 g/mol. The normalized spacial score (nSPS) is 15.1. The number of benzene rings is 2. The number of aromatic nitrogens is 2. The zero-order valence-corrected chi connectivity index (χ0v) is 17.5. The van der Waals surface area contributed by atoms with Crippen molar-refractivity contribution in [1.82, 2.24) is 10.2 Å². The molecule has 0 saturated carbocycles. The quantitative estimate of drug-likeness (QED) is 0.588. The Morgan fingerprint density at radius 2 is 1.94 bits per heavy atom. The molecule has 0 fully saturated rings. The van der Waals surface area contributed by atoms with Gasteiger partial charge in [-0.15, -0.1) is 5.10 Å². The monoisotopic (exact) mass is 416 g/mol. The highest BCUT2D eigenvalue weighted by Gasteiger charge is 2.36. The highest BCUT2D eigenvalue weighted by Crippen LogP contribution is 2.47. The summed E-state index contributed by atoms with van der Waals surface area (Å²) in [5, 5.41) is 17.3. The Morgan fingerprint density at radius 3 is 2.65 bits per heavy atom. The van der Waals surface area contributed by atoms with E-state index < -0.39 is 5.92 Å². The van der Waals surface area contributed by atoms with Crippen LogP contribution in [0.2, 0.25) is 0 Å². The summed E-state index contributed by atoms with van der Waals surface area (Å²) in [5.41, 5.74) is 9.76. The second kappa shape index (κ2) is 8.84. The first-order valence-electron chi connectivity index (χ1n) is 10.3. The number of fused-ring (bicyclic) bond motifs is 1. The molecule has 1 aliphatic heterocycles. The van der Waals surface area contributed by atoms with Crippen molar-refractivity contribution in [3.8, 4) is 34.7 Å². The smallest absolute Gasteiger partial charge is 0.244 e. The van der Waals surface area contributed by atoms with Crippen LogP contribution in [0.5, 0.6) is 17.4 Å². The number of allylic oxidation sites excluding steroid dienone is 1. The van der Waals surface area contributed by atoms with Gasteiger partial charge in [0.2, 0.25) is 11.8 Å². The number of nitrogens with two attached hydrogens (primary N) is 1. The lowest BCUT2D eigenvalue weighted by molar-refractivity contribution is 0.276.